The lowest BCUT2D eigenvalue weighted by atomic mass is 10.0. The molecule has 1 aromatic rings. The van der Waals surface area contributed by atoms with Crippen LogP contribution in [0.15, 0.2) is 18.2 Å². The Morgan fingerprint density at radius 2 is 2.16 bits per heavy atom. The summed E-state index contributed by atoms with van der Waals surface area (Å²) in [5.74, 6) is 0.515. The quantitative estimate of drug-likeness (QED) is 0.741. The minimum atomic E-state index is -0.154. The Kier molecular flexibility index (Phi) is 7.13. The molecule has 6 heteroatoms. The Hall–Kier alpha value is -2.21. The second kappa shape index (κ2) is 9.32. The molecule has 1 atom stereocenters. The lowest BCUT2D eigenvalue weighted by Gasteiger charge is -2.33. The summed E-state index contributed by atoms with van der Waals surface area (Å²) >= 11 is 0. The molecule has 0 bridgehead atoms. The van der Waals surface area contributed by atoms with Crippen LogP contribution in [0.25, 0.3) is 6.08 Å². The Labute approximate surface area is 149 Å². The summed E-state index contributed by atoms with van der Waals surface area (Å²) < 4.78 is 10.3. The van der Waals surface area contributed by atoms with Gasteiger partial charge >= 0.3 is 0 Å². The highest BCUT2D eigenvalue weighted by molar-refractivity contribution is 5.91. The first kappa shape index (κ1) is 19.1. The van der Waals surface area contributed by atoms with E-state index in [9.17, 15) is 9.90 Å². The fourth-order valence-electron chi connectivity index (χ4n) is 3.10. The molecular formula is C19H28N2O4. The van der Waals surface area contributed by atoms with Crippen LogP contribution in [-0.4, -0.2) is 55.8 Å². The summed E-state index contributed by atoms with van der Waals surface area (Å²) in [5, 5.41) is 12.8. The number of methoxy groups -OCH3 is 2. The molecule has 0 aliphatic carbocycles. The van der Waals surface area contributed by atoms with Crippen LogP contribution < -0.4 is 14.8 Å². The van der Waals surface area contributed by atoms with E-state index < -0.39 is 0 Å². The van der Waals surface area contributed by atoms with Crippen LogP contribution in [-0.2, 0) is 4.79 Å². The van der Waals surface area contributed by atoms with Crippen molar-refractivity contribution in [1.29, 1.82) is 0 Å². The number of nitrogens with one attached hydrogen (secondary N) is 1. The highest BCUT2D eigenvalue weighted by Gasteiger charge is 2.17. The number of likely N-dealkylation sites (tertiary alicyclic amines) is 1. The first-order valence-corrected chi connectivity index (χ1v) is 8.70. The van der Waals surface area contributed by atoms with Gasteiger partial charge in [-0.25, -0.2) is 0 Å². The third kappa shape index (κ3) is 5.39. The number of piperidine rings is 1. The second-order valence-electron chi connectivity index (χ2n) is 6.28. The van der Waals surface area contributed by atoms with E-state index in [0.29, 0.717) is 23.9 Å². The molecule has 0 spiro atoms. The molecule has 1 amide bonds. The van der Waals surface area contributed by atoms with Gasteiger partial charge in [-0.2, -0.15) is 0 Å². The summed E-state index contributed by atoms with van der Waals surface area (Å²) in [6.07, 6.45) is 6.86. The van der Waals surface area contributed by atoms with Gasteiger partial charge in [0.05, 0.1) is 14.2 Å². The zero-order chi connectivity index (χ0) is 18.2. The van der Waals surface area contributed by atoms with Crippen LogP contribution in [0.1, 0.15) is 31.7 Å². The van der Waals surface area contributed by atoms with Gasteiger partial charge in [0.15, 0.2) is 11.5 Å². The van der Waals surface area contributed by atoms with E-state index in [1.54, 1.807) is 12.1 Å². The summed E-state index contributed by atoms with van der Waals surface area (Å²) in [7, 11) is 2.96. The normalized spacial score (nSPS) is 18.3. The molecule has 6 nitrogen and oxygen atoms in total. The maximum absolute atomic E-state index is 12.0. The van der Waals surface area contributed by atoms with Crippen LogP contribution >= 0.6 is 0 Å². The number of hydrogen-bond acceptors (Lipinski definition) is 5. The Morgan fingerprint density at radius 3 is 2.84 bits per heavy atom. The molecule has 1 aliphatic rings. The van der Waals surface area contributed by atoms with E-state index >= 15 is 0 Å². The number of aromatic hydroxyl groups is 1. The van der Waals surface area contributed by atoms with Crippen molar-refractivity contribution in [2.75, 3.05) is 33.9 Å². The molecule has 138 valence electrons. The molecule has 1 saturated heterocycles. The number of benzene rings is 1. The van der Waals surface area contributed by atoms with Crippen molar-refractivity contribution in [3.63, 3.8) is 0 Å². The Morgan fingerprint density at radius 1 is 1.36 bits per heavy atom. The molecule has 25 heavy (non-hydrogen) atoms. The number of ether oxygens (including phenoxy) is 2. The van der Waals surface area contributed by atoms with E-state index in [1.165, 1.54) is 45.6 Å². The summed E-state index contributed by atoms with van der Waals surface area (Å²) in [5.41, 5.74) is 0.662. The van der Waals surface area contributed by atoms with Gasteiger partial charge in [0.2, 0.25) is 11.7 Å². The molecule has 1 fully saturated rings. The first-order chi connectivity index (χ1) is 12.0. The molecule has 0 aromatic heterocycles. The van der Waals surface area contributed by atoms with E-state index in [2.05, 4.69) is 17.1 Å². The summed E-state index contributed by atoms with van der Waals surface area (Å²) in [6.45, 7) is 4.85. The van der Waals surface area contributed by atoms with Crippen molar-refractivity contribution in [3.8, 4) is 17.2 Å². The predicted octanol–water partition coefficient (Wildman–Crippen LogP) is 2.41. The van der Waals surface area contributed by atoms with Gasteiger partial charge in [-0.05, 0) is 50.1 Å². The average molecular weight is 348 g/mol. The van der Waals surface area contributed by atoms with Crippen molar-refractivity contribution in [2.45, 2.75) is 32.2 Å². The van der Waals surface area contributed by atoms with Crippen molar-refractivity contribution in [1.82, 2.24) is 10.2 Å². The minimum Gasteiger partial charge on any atom is -0.504 e. The number of amides is 1. The van der Waals surface area contributed by atoms with Gasteiger partial charge in [0.1, 0.15) is 0 Å². The Balaban J connectivity index is 1.86. The molecule has 0 radical (unpaired) electrons. The van der Waals surface area contributed by atoms with Gasteiger partial charge < -0.3 is 19.9 Å². The zero-order valence-electron chi connectivity index (χ0n) is 15.2. The molecule has 1 aliphatic heterocycles. The van der Waals surface area contributed by atoms with Crippen LogP contribution in [0.5, 0.6) is 17.2 Å². The van der Waals surface area contributed by atoms with Crippen LogP contribution in [0.3, 0.4) is 0 Å². The maximum Gasteiger partial charge on any atom is 0.244 e. The van der Waals surface area contributed by atoms with Gasteiger partial charge in [-0.3, -0.25) is 9.69 Å². The molecular weight excluding hydrogens is 320 g/mol. The monoisotopic (exact) mass is 348 g/mol. The molecule has 1 aromatic carbocycles. The zero-order valence-corrected chi connectivity index (χ0v) is 15.2. The fraction of sp³-hybridized carbons (Fsp3) is 0.526. The number of nitrogens with zero attached hydrogens (tertiary/aromatic N) is 1. The number of phenols is 1. The number of carbonyl (C=O) groups excluding carboxylic acids is 1. The standard InChI is InChI=1S/C19H28N2O4/c1-14-6-4-5-10-21(14)11-9-20-18(23)8-7-15-12-16(22)19(25-3)17(13-15)24-2/h7-8,12-14,22H,4-6,9-11H2,1-3H3,(H,20,23). The van der Waals surface area contributed by atoms with E-state index in [-0.39, 0.29) is 17.4 Å². The largest absolute Gasteiger partial charge is 0.504 e. The van der Waals surface area contributed by atoms with Crippen LogP contribution in [0.2, 0.25) is 0 Å². The molecule has 1 heterocycles. The van der Waals surface area contributed by atoms with Crippen molar-refractivity contribution in [2.24, 2.45) is 0 Å². The lowest BCUT2D eigenvalue weighted by molar-refractivity contribution is -0.116. The molecule has 2 rings (SSSR count). The Bertz CT molecular complexity index is 616. The van der Waals surface area contributed by atoms with E-state index in [0.717, 1.165) is 13.1 Å². The van der Waals surface area contributed by atoms with Crippen LogP contribution in [0.4, 0.5) is 0 Å². The number of rotatable bonds is 7. The molecule has 0 saturated carbocycles. The van der Waals surface area contributed by atoms with E-state index in [4.69, 9.17) is 9.47 Å². The second-order valence-corrected chi connectivity index (χ2v) is 6.28. The van der Waals surface area contributed by atoms with Gasteiger partial charge in [0.25, 0.3) is 0 Å². The smallest absolute Gasteiger partial charge is 0.244 e. The predicted molar refractivity (Wildman–Crippen MR) is 98.1 cm³/mol. The SMILES string of the molecule is COc1cc(C=CC(=O)NCCN2CCCCC2C)cc(O)c1OC. The number of phenolic OH excluding ortho intramolecular Hbond substituents is 1. The van der Waals surface area contributed by atoms with Crippen molar-refractivity contribution in [3.05, 3.63) is 23.8 Å². The molecule has 2 N–H and O–H groups in total. The maximum atomic E-state index is 12.0. The minimum absolute atomic E-state index is 0.0269. The highest BCUT2D eigenvalue weighted by atomic mass is 16.5. The van der Waals surface area contributed by atoms with Gasteiger partial charge in [-0.1, -0.05) is 6.42 Å². The third-order valence-electron chi connectivity index (χ3n) is 4.55. The lowest BCUT2D eigenvalue weighted by Crippen LogP contribution is -2.42. The molecule has 1 unspecified atom stereocenters. The average Bonchev–Trinajstić information content (AvgIpc) is 2.61. The number of hydrogen-bond donors (Lipinski definition) is 2. The van der Waals surface area contributed by atoms with Gasteiger partial charge in [0, 0.05) is 25.2 Å². The number of carbonyl (C=O) groups is 1. The first-order valence-electron chi connectivity index (χ1n) is 8.70. The summed E-state index contributed by atoms with van der Waals surface area (Å²) in [6, 6.07) is 3.83. The third-order valence-corrected chi connectivity index (χ3v) is 4.55. The summed E-state index contributed by atoms with van der Waals surface area (Å²) in [4.78, 5) is 14.4. The van der Waals surface area contributed by atoms with Crippen molar-refractivity contribution < 1.29 is 19.4 Å². The van der Waals surface area contributed by atoms with E-state index in [1.807, 2.05) is 0 Å². The topological polar surface area (TPSA) is 71.0 Å². The van der Waals surface area contributed by atoms with Crippen molar-refractivity contribution >= 4 is 12.0 Å². The van der Waals surface area contributed by atoms with Crippen LogP contribution in [0, 0.1) is 0 Å². The van der Waals surface area contributed by atoms with Gasteiger partial charge in [-0.15, -0.1) is 0 Å². The highest BCUT2D eigenvalue weighted by Crippen LogP contribution is 2.37. The fourth-order valence-corrected chi connectivity index (χ4v) is 3.10.